The maximum absolute atomic E-state index is 11.0. The van der Waals surface area contributed by atoms with Crippen molar-refractivity contribution in [2.45, 2.75) is 70.3 Å². The lowest BCUT2D eigenvalue weighted by Gasteiger charge is -2.48. The van der Waals surface area contributed by atoms with Gasteiger partial charge in [0, 0.05) is 24.3 Å². The van der Waals surface area contributed by atoms with Crippen LogP contribution in [-0.4, -0.2) is 43.4 Å². The molecule has 0 aromatic heterocycles. The van der Waals surface area contributed by atoms with Crippen molar-refractivity contribution in [3.63, 3.8) is 0 Å². The summed E-state index contributed by atoms with van der Waals surface area (Å²) in [6, 6.07) is 8.35. The highest BCUT2D eigenvalue weighted by molar-refractivity contribution is 5.28. The fraction of sp³-hybridized carbons (Fsp3) is 0.727. The highest BCUT2D eigenvalue weighted by atomic mass is 16.7. The third-order valence-corrected chi connectivity index (χ3v) is 6.05. The minimum Gasteiger partial charge on any atom is -0.497 e. The van der Waals surface area contributed by atoms with Crippen LogP contribution in [0.5, 0.6) is 5.75 Å². The summed E-state index contributed by atoms with van der Waals surface area (Å²) in [5.74, 6) is 0.401. The molecule has 0 radical (unpaired) electrons. The van der Waals surface area contributed by atoms with Gasteiger partial charge in [-0.25, -0.2) is 0 Å². The van der Waals surface area contributed by atoms with Gasteiger partial charge in [0.05, 0.1) is 25.9 Å². The summed E-state index contributed by atoms with van der Waals surface area (Å²) in [6.07, 6.45) is 3.74. The average molecular weight is 378 g/mol. The van der Waals surface area contributed by atoms with Crippen molar-refractivity contribution >= 4 is 0 Å². The van der Waals surface area contributed by atoms with E-state index in [1.165, 1.54) is 5.56 Å². The molecular formula is C22H35NO4. The van der Waals surface area contributed by atoms with E-state index < -0.39 is 11.4 Å². The molecule has 1 aliphatic heterocycles. The average Bonchev–Trinajstić information content (AvgIpc) is 2.67. The zero-order valence-electron chi connectivity index (χ0n) is 17.2. The van der Waals surface area contributed by atoms with Crippen LogP contribution in [0.4, 0.5) is 0 Å². The van der Waals surface area contributed by atoms with Crippen molar-refractivity contribution in [2.24, 2.45) is 5.41 Å². The van der Waals surface area contributed by atoms with Crippen LogP contribution in [0.2, 0.25) is 0 Å². The molecule has 1 aromatic carbocycles. The quantitative estimate of drug-likeness (QED) is 0.789. The third-order valence-electron chi connectivity index (χ3n) is 6.05. The van der Waals surface area contributed by atoms with Crippen LogP contribution in [0.15, 0.2) is 24.3 Å². The van der Waals surface area contributed by atoms with Gasteiger partial charge in [0.1, 0.15) is 5.75 Å². The standard InChI is InChI=1S/C22H35NO4/c1-17(18-5-7-19(25-4)8-6-18)23-14-13-21(24)9-11-22(12-10-21)26-15-20(2,3)16-27-22/h5-8,17,23-24H,9-16H2,1-4H3/t17-/m0/s1. The first kappa shape index (κ1) is 20.6. The van der Waals surface area contributed by atoms with E-state index >= 15 is 0 Å². The molecule has 1 saturated carbocycles. The molecule has 0 bridgehead atoms. The van der Waals surface area contributed by atoms with Crippen LogP contribution in [0, 0.1) is 5.41 Å². The molecular weight excluding hydrogens is 342 g/mol. The highest BCUT2D eigenvalue weighted by Crippen LogP contribution is 2.43. The smallest absolute Gasteiger partial charge is 0.168 e. The monoisotopic (exact) mass is 377 g/mol. The summed E-state index contributed by atoms with van der Waals surface area (Å²) >= 11 is 0. The van der Waals surface area contributed by atoms with Crippen molar-refractivity contribution in [3.05, 3.63) is 29.8 Å². The minimum absolute atomic E-state index is 0.0838. The van der Waals surface area contributed by atoms with Gasteiger partial charge in [-0.1, -0.05) is 26.0 Å². The summed E-state index contributed by atoms with van der Waals surface area (Å²) in [6.45, 7) is 8.71. The Kier molecular flexibility index (Phi) is 6.16. The van der Waals surface area contributed by atoms with Crippen molar-refractivity contribution in [2.75, 3.05) is 26.9 Å². The molecule has 1 saturated heterocycles. The van der Waals surface area contributed by atoms with Crippen molar-refractivity contribution in [1.29, 1.82) is 0 Å². The molecule has 1 atom stereocenters. The molecule has 0 amide bonds. The molecule has 1 heterocycles. The van der Waals surface area contributed by atoms with Gasteiger partial charge < -0.3 is 24.6 Å². The predicted molar refractivity (Wildman–Crippen MR) is 106 cm³/mol. The first-order valence-corrected chi connectivity index (χ1v) is 10.1. The largest absolute Gasteiger partial charge is 0.497 e. The lowest BCUT2D eigenvalue weighted by Crippen LogP contribution is -2.52. The number of benzene rings is 1. The molecule has 2 N–H and O–H groups in total. The summed E-state index contributed by atoms with van der Waals surface area (Å²) in [7, 11) is 1.68. The van der Waals surface area contributed by atoms with Crippen LogP contribution in [-0.2, 0) is 9.47 Å². The van der Waals surface area contributed by atoms with E-state index in [1.807, 2.05) is 12.1 Å². The summed E-state index contributed by atoms with van der Waals surface area (Å²) < 4.78 is 17.4. The Morgan fingerprint density at radius 3 is 2.22 bits per heavy atom. The summed E-state index contributed by atoms with van der Waals surface area (Å²) in [5.41, 5.74) is 0.676. The number of hydrogen-bond donors (Lipinski definition) is 2. The van der Waals surface area contributed by atoms with E-state index in [0.29, 0.717) is 0 Å². The summed E-state index contributed by atoms with van der Waals surface area (Å²) in [4.78, 5) is 0. The Labute approximate surface area is 163 Å². The van der Waals surface area contributed by atoms with E-state index in [2.05, 4.69) is 38.2 Å². The Balaban J connectivity index is 1.43. The first-order valence-electron chi connectivity index (χ1n) is 10.1. The molecule has 152 valence electrons. The second-order valence-electron chi connectivity index (χ2n) is 9.08. The van der Waals surface area contributed by atoms with E-state index in [4.69, 9.17) is 14.2 Å². The third kappa shape index (κ3) is 5.23. The second kappa shape index (κ2) is 8.08. The van der Waals surface area contributed by atoms with Gasteiger partial charge in [-0.15, -0.1) is 0 Å². The molecule has 5 nitrogen and oxygen atoms in total. The van der Waals surface area contributed by atoms with Gasteiger partial charge in [-0.3, -0.25) is 0 Å². The van der Waals surface area contributed by atoms with Crippen LogP contribution in [0.3, 0.4) is 0 Å². The van der Waals surface area contributed by atoms with Gasteiger partial charge in [-0.2, -0.15) is 0 Å². The van der Waals surface area contributed by atoms with Crippen molar-refractivity contribution < 1.29 is 19.3 Å². The fourth-order valence-electron chi connectivity index (χ4n) is 3.90. The first-order chi connectivity index (χ1) is 12.7. The molecule has 1 aromatic rings. The predicted octanol–water partition coefficient (Wildman–Crippen LogP) is 3.81. The fourth-order valence-corrected chi connectivity index (χ4v) is 3.90. The molecule has 1 aliphatic carbocycles. The van der Waals surface area contributed by atoms with E-state index in [9.17, 15) is 5.11 Å². The van der Waals surface area contributed by atoms with Crippen LogP contribution in [0.1, 0.15) is 64.5 Å². The van der Waals surface area contributed by atoms with E-state index in [0.717, 1.165) is 57.6 Å². The number of rotatable bonds is 6. The van der Waals surface area contributed by atoms with Gasteiger partial charge in [0.15, 0.2) is 5.79 Å². The van der Waals surface area contributed by atoms with Crippen LogP contribution < -0.4 is 10.1 Å². The maximum atomic E-state index is 11.0. The number of aliphatic hydroxyl groups is 1. The van der Waals surface area contributed by atoms with Gasteiger partial charge >= 0.3 is 0 Å². The summed E-state index contributed by atoms with van der Waals surface area (Å²) in [5, 5.41) is 14.5. The van der Waals surface area contributed by atoms with Crippen LogP contribution >= 0.6 is 0 Å². The zero-order chi connectivity index (χ0) is 19.5. The topological polar surface area (TPSA) is 60.0 Å². The maximum Gasteiger partial charge on any atom is 0.168 e. The van der Waals surface area contributed by atoms with Crippen molar-refractivity contribution in [1.82, 2.24) is 5.32 Å². The molecule has 5 heteroatoms. The lowest BCUT2D eigenvalue weighted by atomic mass is 9.78. The van der Waals surface area contributed by atoms with Gasteiger partial charge in [0.2, 0.25) is 0 Å². The molecule has 0 unspecified atom stereocenters. The Morgan fingerprint density at radius 2 is 1.67 bits per heavy atom. The number of nitrogens with one attached hydrogen (secondary N) is 1. The second-order valence-corrected chi connectivity index (χ2v) is 9.08. The van der Waals surface area contributed by atoms with E-state index in [-0.39, 0.29) is 11.5 Å². The normalized spacial score (nSPS) is 24.5. The minimum atomic E-state index is -0.627. The Morgan fingerprint density at radius 1 is 1.07 bits per heavy atom. The molecule has 2 aliphatic rings. The zero-order valence-corrected chi connectivity index (χ0v) is 17.2. The molecule has 1 spiro atoms. The van der Waals surface area contributed by atoms with Crippen molar-refractivity contribution in [3.8, 4) is 5.75 Å². The molecule has 27 heavy (non-hydrogen) atoms. The van der Waals surface area contributed by atoms with E-state index in [1.54, 1.807) is 7.11 Å². The SMILES string of the molecule is COc1ccc([C@H](C)NCCC2(O)CCC3(CC2)OCC(C)(C)CO3)cc1. The Bertz CT molecular complexity index is 593. The Hall–Kier alpha value is -1.14. The molecule has 2 fully saturated rings. The lowest BCUT2D eigenvalue weighted by molar-refractivity contribution is -0.319. The number of ether oxygens (including phenoxy) is 3. The highest BCUT2D eigenvalue weighted by Gasteiger charge is 2.46. The van der Waals surface area contributed by atoms with Gasteiger partial charge in [-0.05, 0) is 50.4 Å². The van der Waals surface area contributed by atoms with Gasteiger partial charge in [0.25, 0.3) is 0 Å². The van der Waals surface area contributed by atoms with Crippen LogP contribution in [0.25, 0.3) is 0 Å². The molecule has 3 rings (SSSR count). The number of methoxy groups -OCH3 is 1. The number of hydrogen-bond acceptors (Lipinski definition) is 5.